The molecule has 1 saturated heterocycles. The summed E-state index contributed by atoms with van der Waals surface area (Å²) in [6.07, 6.45) is 2.20. The van der Waals surface area contributed by atoms with Crippen molar-refractivity contribution in [3.8, 4) is 0 Å². The predicted octanol–water partition coefficient (Wildman–Crippen LogP) is 1.32. The second kappa shape index (κ2) is 5.04. The number of rotatable bonds is 5. The molecule has 0 aromatic carbocycles. The SMILES string of the molecule is CCC(CC)(NC(=O)C1(C)CCCO1)C(=O)O. The van der Waals surface area contributed by atoms with E-state index in [0.717, 1.165) is 6.42 Å². The molecule has 0 spiro atoms. The fraction of sp³-hybridized carbons (Fsp3) is 0.833. The first-order valence-corrected chi connectivity index (χ1v) is 6.10. The van der Waals surface area contributed by atoms with Crippen molar-refractivity contribution in [2.75, 3.05) is 6.61 Å². The molecule has 0 radical (unpaired) electrons. The summed E-state index contributed by atoms with van der Waals surface area (Å²) >= 11 is 0. The third-order valence-electron chi connectivity index (χ3n) is 3.67. The van der Waals surface area contributed by atoms with E-state index in [1.165, 1.54) is 0 Å². The van der Waals surface area contributed by atoms with Gasteiger partial charge in [-0.2, -0.15) is 0 Å². The summed E-state index contributed by atoms with van der Waals surface area (Å²) in [6.45, 7) is 5.79. The van der Waals surface area contributed by atoms with Gasteiger partial charge in [0.25, 0.3) is 5.91 Å². The zero-order valence-corrected chi connectivity index (χ0v) is 10.7. The number of nitrogens with one attached hydrogen (secondary N) is 1. The lowest BCUT2D eigenvalue weighted by Gasteiger charge is -2.32. The zero-order valence-electron chi connectivity index (χ0n) is 10.7. The maximum atomic E-state index is 12.1. The van der Waals surface area contributed by atoms with Gasteiger partial charge in [-0.15, -0.1) is 0 Å². The largest absolute Gasteiger partial charge is 0.480 e. The maximum absolute atomic E-state index is 12.1. The summed E-state index contributed by atoms with van der Waals surface area (Å²) in [5.41, 5.74) is -2.04. The van der Waals surface area contributed by atoms with Gasteiger partial charge < -0.3 is 15.2 Å². The Hall–Kier alpha value is -1.10. The lowest BCUT2D eigenvalue weighted by Crippen LogP contribution is -2.58. The van der Waals surface area contributed by atoms with Gasteiger partial charge >= 0.3 is 5.97 Å². The zero-order chi connectivity index (χ0) is 13.1. The van der Waals surface area contributed by atoms with E-state index in [1.807, 2.05) is 0 Å². The Balaban J connectivity index is 2.80. The first kappa shape index (κ1) is 14.0. The number of amides is 1. The number of hydrogen-bond acceptors (Lipinski definition) is 3. The van der Waals surface area contributed by atoms with Crippen molar-refractivity contribution in [1.82, 2.24) is 5.32 Å². The fourth-order valence-corrected chi connectivity index (χ4v) is 2.09. The third-order valence-corrected chi connectivity index (χ3v) is 3.67. The second-order valence-electron chi connectivity index (χ2n) is 4.73. The molecule has 1 fully saturated rings. The van der Waals surface area contributed by atoms with E-state index >= 15 is 0 Å². The molecule has 1 amide bonds. The molecule has 1 aliphatic rings. The first-order chi connectivity index (χ1) is 7.90. The van der Waals surface area contributed by atoms with Crippen LogP contribution in [-0.2, 0) is 14.3 Å². The quantitative estimate of drug-likeness (QED) is 0.763. The summed E-state index contributed by atoms with van der Waals surface area (Å²) in [5, 5.41) is 11.9. The average molecular weight is 243 g/mol. The Labute approximate surface area is 102 Å². The lowest BCUT2D eigenvalue weighted by atomic mass is 9.91. The molecule has 1 unspecified atom stereocenters. The van der Waals surface area contributed by atoms with Crippen molar-refractivity contribution < 1.29 is 19.4 Å². The Morgan fingerprint density at radius 3 is 2.35 bits per heavy atom. The van der Waals surface area contributed by atoms with E-state index in [0.29, 0.717) is 25.9 Å². The van der Waals surface area contributed by atoms with E-state index in [9.17, 15) is 14.7 Å². The summed E-state index contributed by atoms with van der Waals surface area (Å²) in [4.78, 5) is 23.4. The summed E-state index contributed by atoms with van der Waals surface area (Å²) in [6, 6.07) is 0. The molecule has 0 aromatic heterocycles. The molecule has 0 bridgehead atoms. The molecule has 98 valence electrons. The predicted molar refractivity (Wildman–Crippen MR) is 62.7 cm³/mol. The molecule has 1 aliphatic heterocycles. The molecular formula is C12H21NO4. The number of carboxylic acid groups (broad SMARTS) is 1. The van der Waals surface area contributed by atoms with E-state index in [-0.39, 0.29) is 5.91 Å². The van der Waals surface area contributed by atoms with Crippen LogP contribution in [0.3, 0.4) is 0 Å². The van der Waals surface area contributed by atoms with Crippen molar-refractivity contribution in [3.05, 3.63) is 0 Å². The van der Waals surface area contributed by atoms with Gasteiger partial charge in [0.15, 0.2) is 0 Å². The fourth-order valence-electron chi connectivity index (χ4n) is 2.09. The minimum Gasteiger partial charge on any atom is -0.480 e. The van der Waals surface area contributed by atoms with E-state index in [1.54, 1.807) is 20.8 Å². The molecule has 0 aromatic rings. The smallest absolute Gasteiger partial charge is 0.329 e. The van der Waals surface area contributed by atoms with Crippen LogP contribution in [0.25, 0.3) is 0 Å². The Morgan fingerprint density at radius 1 is 1.41 bits per heavy atom. The highest BCUT2D eigenvalue weighted by molar-refractivity contribution is 5.91. The standard InChI is InChI=1S/C12H21NO4/c1-4-12(5-2,10(15)16)13-9(14)11(3)7-6-8-17-11/h4-8H2,1-3H3,(H,13,14)(H,15,16). The summed E-state index contributed by atoms with van der Waals surface area (Å²) in [7, 11) is 0. The van der Waals surface area contributed by atoms with Crippen LogP contribution in [0.15, 0.2) is 0 Å². The lowest BCUT2D eigenvalue weighted by molar-refractivity contribution is -0.153. The Morgan fingerprint density at radius 2 is 2.00 bits per heavy atom. The molecule has 1 atom stereocenters. The van der Waals surface area contributed by atoms with E-state index < -0.39 is 17.1 Å². The van der Waals surface area contributed by atoms with Gasteiger partial charge in [-0.3, -0.25) is 4.79 Å². The van der Waals surface area contributed by atoms with Gasteiger partial charge in [-0.1, -0.05) is 13.8 Å². The molecule has 17 heavy (non-hydrogen) atoms. The summed E-state index contributed by atoms with van der Waals surface area (Å²) < 4.78 is 5.41. The molecule has 5 heteroatoms. The van der Waals surface area contributed by atoms with Crippen LogP contribution in [0.1, 0.15) is 46.5 Å². The number of carboxylic acids is 1. The molecule has 0 saturated carbocycles. The van der Waals surface area contributed by atoms with Gasteiger partial charge in [-0.25, -0.2) is 4.79 Å². The number of carbonyl (C=O) groups is 2. The molecule has 1 rings (SSSR count). The number of carbonyl (C=O) groups excluding carboxylic acids is 1. The van der Waals surface area contributed by atoms with Crippen molar-refractivity contribution in [1.29, 1.82) is 0 Å². The molecular weight excluding hydrogens is 222 g/mol. The van der Waals surface area contributed by atoms with Gasteiger partial charge in [0.2, 0.25) is 0 Å². The topological polar surface area (TPSA) is 75.6 Å². The van der Waals surface area contributed by atoms with Crippen LogP contribution in [0.4, 0.5) is 0 Å². The van der Waals surface area contributed by atoms with Crippen LogP contribution >= 0.6 is 0 Å². The van der Waals surface area contributed by atoms with Crippen molar-refractivity contribution in [2.45, 2.75) is 57.6 Å². The van der Waals surface area contributed by atoms with Crippen LogP contribution < -0.4 is 5.32 Å². The van der Waals surface area contributed by atoms with Gasteiger partial charge in [0.1, 0.15) is 11.1 Å². The van der Waals surface area contributed by atoms with Crippen LogP contribution in [0.2, 0.25) is 0 Å². The van der Waals surface area contributed by atoms with Crippen LogP contribution in [0, 0.1) is 0 Å². The van der Waals surface area contributed by atoms with E-state index in [4.69, 9.17) is 4.74 Å². The number of ether oxygens (including phenoxy) is 1. The maximum Gasteiger partial charge on any atom is 0.329 e. The van der Waals surface area contributed by atoms with E-state index in [2.05, 4.69) is 5.32 Å². The highest BCUT2D eigenvalue weighted by Crippen LogP contribution is 2.27. The Bertz CT molecular complexity index is 304. The highest BCUT2D eigenvalue weighted by atomic mass is 16.5. The van der Waals surface area contributed by atoms with Crippen molar-refractivity contribution in [2.24, 2.45) is 0 Å². The number of hydrogen-bond donors (Lipinski definition) is 2. The second-order valence-corrected chi connectivity index (χ2v) is 4.73. The Kier molecular flexibility index (Phi) is 4.14. The van der Waals surface area contributed by atoms with Crippen LogP contribution in [0.5, 0.6) is 0 Å². The first-order valence-electron chi connectivity index (χ1n) is 6.10. The molecule has 2 N–H and O–H groups in total. The normalized spacial score (nSPS) is 24.6. The van der Waals surface area contributed by atoms with Crippen molar-refractivity contribution >= 4 is 11.9 Å². The number of aliphatic carboxylic acids is 1. The van der Waals surface area contributed by atoms with Crippen LogP contribution in [-0.4, -0.2) is 34.7 Å². The molecule has 1 heterocycles. The third kappa shape index (κ3) is 2.60. The van der Waals surface area contributed by atoms with Gasteiger partial charge in [0, 0.05) is 6.61 Å². The van der Waals surface area contributed by atoms with Crippen molar-refractivity contribution in [3.63, 3.8) is 0 Å². The van der Waals surface area contributed by atoms with Gasteiger partial charge in [-0.05, 0) is 32.6 Å². The minimum absolute atomic E-state index is 0.318. The van der Waals surface area contributed by atoms with Gasteiger partial charge in [0.05, 0.1) is 0 Å². The molecule has 0 aliphatic carbocycles. The molecule has 5 nitrogen and oxygen atoms in total. The highest BCUT2D eigenvalue weighted by Gasteiger charge is 2.44. The average Bonchev–Trinajstić information content (AvgIpc) is 2.73. The summed E-state index contributed by atoms with van der Waals surface area (Å²) in [5.74, 6) is -1.31. The minimum atomic E-state index is -1.17. The monoisotopic (exact) mass is 243 g/mol.